The molecule has 1 amide bonds. The molecule has 1 aromatic heterocycles. The molecule has 2 aliphatic rings. The van der Waals surface area contributed by atoms with Crippen molar-refractivity contribution in [3.05, 3.63) is 48.3 Å². The first kappa shape index (κ1) is 24.7. The van der Waals surface area contributed by atoms with Crippen LogP contribution < -0.4 is 4.72 Å². The molecular weight excluding hydrogens is 459 g/mol. The van der Waals surface area contributed by atoms with Crippen molar-refractivity contribution >= 4 is 15.9 Å². The largest absolute Gasteiger partial charge is 0.341 e. The fraction of sp³-hybridized carbons (Fsp3) is 0.609. The Morgan fingerprint density at radius 1 is 1.12 bits per heavy atom. The quantitative estimate of drug-likeness (QED) is 0.598. The summed E-state index contributed by atoms with van der Waals surface area (Å²) < 4.78 is 41.7. The van der Waals surface area contributed by atoms with Gasteiger partial charge in [0, 0.05) is 18.6 Å². The number of nitrogens with one attached hydrogen (secondary N) is 1. The van der Waals surface area contributed by atoms with Crippen LogP contribution in [0.2, 0.25) is 0 Å². The maximum absolute atomic E-state index is 13.4. The van der Waals surface area contributed by atoms with Gasteiger partial charge in [0.1, 0.15) is 24.5 Å². The monoisotopic (exact) mass is 492 g/mol. The number of likely N-dealkylation sites (tertiary alicyclic amines) is 2. The molecule has 0 bridgehead atoms. The van der Waals surface area contributed by atoms with Crippen LogP contribution in [0.25, 0.3) is 0 Å². The fourth-order valence-corrected chi connectivity index (χ4v) is 5.92. The predicted molar refractivity (Wildman–Crippen MR) is 126 cm³/mol. The van der Waals surface area contributed by atoms with Crippen LogP contribution in [-0.4, -0.2) is 82.9 Å². The first-order chi connectivity index (χ1) is 16.2. The van der Waals surface area contributed by atoms with Crippen molar-refractivity contribution in [1.29, 1.82) is 0 Å². The summed E-state index contributed by atoms with van der Waals surface area (Å²) in [6.07, 6.45) is 9.62. The van der Waals surface area contributed by atoms with Gasteiger partial charge in [0.15, 0.2) is 0 Å². The van der Waals surface area contributed by atoms with Gasteiger partial charge in [-0.3, -0.25) is 14.4 Å². The highest BCUT2D eigenvalue weighted by Gasteiger charge is 2.42. The lowest BCUT2D eigenvalue weighted by Crippen LogP contribution is -2.61. The first-order valence-electron chi connectivity index (χ1n) is 11.8. The number of carbonyl (C=O) groups is 1. The molecule has 2 fully saturated rings. The van der Waals surface area contributed by atoms with E-state index in [9.17, 15) is 17.6 Å². The van der Waals surface area contributed by atoms with E-state index in [0.29, 0.717) is 18.7 Å². The number of rotatable bonds is 8. The van der Waals surface area contributed by atoms with Crippen molar-refractivity contribution in [3.8, 4) is 0 Å². The van der Waals surface area contributed by atoms with Gasteiger partial charge in [0.25, 0.3) is 0 Å². The third-order valence-electron chi connectivity index (χ3n) is 6.96. The maximum Gasteiger partial charge on any atom is 0.241 e. The second-order valence-corrected chi connectivity index (χ2v) is 11.2. The molecule has 0 aliphatic carbocycles. The molecule has 0 radical (unpaired) electrons. The minimum absolute atomic E-state index is 0.110. The molecule has 11 heteroatoms. The molecule has 186 valence electrons. The average molecular weight is 493 g/mol. The molecule has 1 N–H and O–H groups in total. The minimum Gasteiger partial charge on any atom is -0.341 e. The van der Waals surface area contributed by atoms with Crippen LogP contribution in [0.3, 0.4) is 0 Å². The Bertz CT molecular complexity index is 1050. The summed E-state index contributed by atoms with van der Waals surface area (Å²) in [5.41, 5.74) is 0.587. The summed E-state index contributed by atoms with van der Waals surface area (Å²) in [5, 5.41) is 4.32. The Morgan fingerprint density at radius 2 is 1.79 bits per heavy atom. The van der Waals surface area contributed by atoms with E-state index in [1.54, 1.807) is 29.7 Å². The lowest BCUT2D eigenvalue weighted by atomic mass is 9.83. The van der Waals surface area contributed by atoms with Crippen molar-refractivity contribution in [2.24, 2.45) is 0 Å². The number of sulfonamides is 1. The van der Waals surface area contributed by atoms with Crippen molar-refractivity contribution in [2.75, 3.05) is 32.4 Å². The zero-order chi connectivity index (χ0) is 24.2. The first-order valence-corrected chi connectivity index (χ1v) is 13.7. The normalized spacial score (nSPS) is 20.2. The van der Waals surface area contributed by atoms with E-state index < -0.39 is 16.1 Å². The highest BCUT2D eigenvalue weighted by molar-refractivity contribution is 7.88. The van der Waals surface area contributed by atoms with E-state index in [0.717, 1.165) is 38.7 Å². The number of nitrogens with zero attached hydrogens (tertiary/aromatic N) is 5. The van der Waals surface area contributed by atoms with Crippen LogP contribution in [0.5, 0.6) is 0 Å². The Labute approximate surface area is 200 Å². The van der Waals surface area contributed by atoms with E-state index in [4.69, 9.17) is 0 Å². The van der Waals surface area contributed by atoms with Gasteiger partial charge in [0.2, 0.25) is 15.9 Å². The molecule has 9 nitrogen and oxygen atoms in total. The number of halogens is 1. The number of carbonyl (C=O) groups excluding carboxylic acids is 1. The maximum atomic E-state index is 13.4. The van der Waals surface area contributed by atoms with Crippen molar-refractivity contribution < 1.29 is 17.6 Å². The van der Waals surface area contributed by atoms with E-state index in [1.807, 2.05) is 4.68 Å². The van der Waals surface area contributed by atoms with Gasteiger partial charge in [0.05, 0.1) is 12.8 Å². The molecule has 0 saturated carbocycles. The van der Waals surface area contributed by atoms with Crippen LogP contribution >= 0.6 is 0 Å². The lowest BCUT2D eigenvalue weighted by Gasteiger charge is -2.50. The molecule has 3 heterocycles. The number of amides is 1. The zero-order valence-corrected chi connectivity index (χ0v) is 20.4. The summed E-state index contributed by atoms with van der Waals surface area (Å²) in [6, 6.07) is 4.85. The fourth-order valence-electron chi connectivity index (χ4n) is 5.22. The van der Waals surface area contributed by atoms with Crippen LogP contribution in [0.15, 0.2) is 36.9 Å². The van der Waals surface area contributed by atoms with Crippen molar-refractivity contribution in [2.45, 2.75) is 56.7 Å². The number of benzene rings is 1. The van der Waals surface area contributed by atoms with Gasteiger partial charge in [-0.2, -0.15) is 5.10 Å². The molecule has 2 saturated heterocycles. The van der Waals surface area contributed by atoms with E-state index >= 15 is 0 Å². The van der Waals surface area contributed by atoms with Gasteiger partial charge < -0.3 is 4.90 Å². The summed E-state index contributed by atoms with van der Waals surface area (Å²) in [4.78, 5) is 21.8. The number of aromatic nitrogens is 3. The highest BCUT2D eigenvalue weighted by Crippen LogP contribution is 2.33. The van der Waals surface area contributed by atoms with Crippen LogP contribution in [0, 0.1) is 5.82 Å². The smallest absolute Gasteiger partial charge is 0.241 e. The van der Waals surface area contributed by atoms with Crippen molar-refractivity contribution in [3.63, 3.8) is 0 Å². The topological polar surface area (TPSA) is 100 Å². The van der Waals surface area contributed by atoms with Gasteiger partial charge in [-0.25, -0.2) is 22.5 Å². The second kappa shape index (κ2) is 10.5. The van der Waals surface area contributed by atoms with Gasteiger partial charge in [-0.15, -0.1) is 0 Å². The number of piperidine rings is 2. The Kier molecular flexibility index (Phi) is 7.63. The molecular formula is C23H33FN6O3S. The molecule has 0 unspecified atom stereocenters. The zero-order valence-electron chi connectivity index (χ0n) is 19.6. The van der Waals surface area contributed by atoms with E-state index in [-0.39, 0.29) is 23.7 Å². The second-order valence-electron chi connectivity index (χ2n) is 9.46. The van der Waals surface area contributed by atoms with Gasteiger partial charge in [-0.1, -0.05) is 18.6 Å². The predicted octanol–water partition coefficient (Wildman–Crippen LogP) is 1.42. The van der Waals surface area contributed by atoms with E-state index in [1.165, 1.54) is 31.4 Å². The summed E-state index contributed by atoms with van der Waals surface area (Å²) >= 11 is 0. The third-order valence-corrected chi connectivity index (χ3v) is 7.68. The highest BCUT2D eigenvalue weighted by atomic mass is 32.2. The molecule has 34 heavy (non-hydrogen) atoms. The summed E-state index contributed by atoms with van der Waals surface area (Å²) in [6.45, 7) is 3.86. The minimum atomic E-state index is -3.61. The van der Waals surface area contributed by atoms with E-state index in [2.05, 4.69) is 19.7 Å². The Balaban J connectivity index is 1.48. The average Bonchev–Trinajstić information content (AvgIpc) is 3.33. The van der Waals surface area contributed by atoms with Crippen molar-refractivity contribution in [1.82, 2.24) is 29.3 Å². The van der Waals surface area contributed by atoms with Gasteiger partial charge >= 0.3 is 0 Å². The molecule has 4 rings (SSSR count). The van der Waals surface area contributed by atoms with Crippen LogP contribution in [-0.2, 0) is 27.8 Å². The SMILES string of the molecule is CS(=O)(=O)N[C@@H](Cc1ccc(F)cc1)C(=O)N1CCC(Cn2cncn2)(N2CCCCC2)CC1. The third kappa shape index (κ3) is 6.19. The Hall–Kier alpha value is -2.37. The standard InChI is InChI=1S/C23H33FN6O3S/c1-34(32,33)27-21(15-19-5-7-20(24)8-6-19)22(31)28-13-9-23(10-14-28,16-30-18-25-17-26-30)29-11-3-2-4-12-29/h5-8,17-18,21,27H,2-4,9-16H2,1H3/t21-/m0/s1. The molecule has 2 aromatic rings. The van der Waals surface area contributed by atoms with Crippen LogP contribution in [0.4, 0.5) is 4.39 Å². The summed E-state index contributed by atoms with van der Waals surface area (Å²) in [7, 11) is -3.61. The molecule has 1 atom stereocenters. The molecule has 1 aromatic carbocycles. The summed E-state index contributed by atoms with van der Waals surface area (Å²) in [5.74, 6) is -0.622. The molecule has 2 aliphatic heterocycles. The van der Waals surface area contributed by atoms with Crippen LogP contribution in [0.1, 0.15) is 37.7 Å². The Morgan fingerprint density at radius 3 is 2.38 bits per heavy atom. The molecule has 0 spiro atoms. The number of hydrogen-bond donors (Lipinski definition) is 1. The van der Waals surface area contributed by atoms with Gasteiger partial charge in [-0.05, 0) is 62.9 Å². The lowest BCUT2D eigenvalue weighted by molar-refractivity contribution is -0.136. The number of hydrogen-bond acceptors (Lipinski definition) is 6.